The minimum Gasteiger partial charge on any atom is -0.341 e. The Bertz CT molecular complexity index is 1080. The molecule has 30 heavy (non-hydrogen) atoms. The number of hydrogen-bond donors (Lipinski definition) is 1. The molecule has 4 nitrogen and oxygen atoms in total. The van der Waals surface area contributed by atoms with Gasteiger partial charge in [-0.25, -0.2) is 8.42 Å². The van der Waals surface area contributed by atoms with Crippen LogP contribution < -0.4 is 5.32 Å². The molecule has 0 saturated carbocycles. The Morgan fingerprint density at radius 2 is 1.43 bits per heavy atom. The molecule has 1 heterocycles. The number of rotatable bonds is 6. The summed E-state index contributed by atoms with van der Waals surface area (Å²) in [6.07, 6.45) is 0.625. The zero-order chi connectivity index (χ0) is 21.0. The molecule has 3 aromatic rings. The lowest BCUT2D eigenvalue weighted by molar-refractivity contribution is 0.0940. The third-order valence-electron chi connectivity index (χ3n) is 5.16. The van der Waals surface area contributed by atoms with Crippen LogP contribution in [-0.4, -0.2) is 31.1 Å². The van der Waals surface area contributed by atoms with Crippen LogP contribution >= 0.6 is 11.8 Å². The van der Waals surface area contributed by atoms with Crippen LogP contribution in [0, 0.1) is 0 Å². The van der Waals surface area contributed by atoms with Crippen molar-refractivity contribution < 1.29 is 13.2 Å². The molecule has 1 N–H and O–H groups in total. The summed E-state index contributed by atoms with van der Waals surface area (Å²) in [7, 11) is -2.96. The molecule has 6 heteroatoms. The monoisotopic (exact) mass is 437 g/mol. The number of sulfone groups is 1. The zero-order valence-electron chi connectivity index (χ0n) is 16.4. The first-order chi connectivity index (χ1) is 14.5. The summed E-state index contributed by atoms with van der Waals surface area (Å²) < 4.78 is 23.6. The summed E-state index contributed by atoms with van der Waals surface area (Å²) >= 11 is 1.49. The molecule has 0 aliphatic carbocycles. The van der Waals surface area contributed by atoms with Crippen molar-refractivity contribution in [3.05, 3.63) is 102 Å². The van der Waals surface area contributed by atoms with E-state index >= 15 is 0 Å². The molecule has 1 atom stereocenters. The highest BCUT2D eigenvalue weighted by atomic mass is 32.2. The molecule has 1 fully saturated rings. The molecule has 1 amide bonds. The second-order valence-corrected chi connectivity index (χ2v) is 10.9. The van der Waals surface area contributed by atoms with Crippen molar-refractivity contribution in [1.29, 1.82) is 0 Å². The third kappa shape index (κ3) is 4.94. The smallest absolute Gasteiger partial charge is 0.253 e. The van der Waals surface area contributed by atoms with Gasteiger partial charge < -0.3 is 5.32 Å². The highest BCUT2D eigenvalue weighted by Crippen LogP contribution is 2.33. The van der Waals surface area contributed by atoms with Crippen molar-refractivity contribution in [1.82, 2.24) is 5.32 Å². The van der Waals surface area contributed by atoms with Gasteiger partial charge in [-0.05, 0) is 29.7 Å². The Balaban J connectivity index is 1.59. The summed E-state index contributed by atoms with van der Waals surface area (Å²) in [5.41, 5.74) is 2.58. The van der Waals surface area contributed by atoms with Crippen molar-refractivity contribution in [3.63, 3.8) is 0 Å². The summed E-state index contributed by atoms with van der Waals surface area (Å²) in [6, 6.07) is 26.9. The molecule has 1 aliphatic rings. The fourth-order valence-corrected chi connectivity index (χ4v) is 7.28. The van der Waals surface area contributed by atoms with Crippen LogP contribution in [-0.2, 0) is 9.84 Å². The molecular formula is C24H23NO3S2. The van der Waals surface area contributed by atoms with Gasteiger partial charge in [0.15, 0.2) is 9.84 Å². The van der Waals surface area contributed by atoms with E-state index in [0.717, 1.165) is 16.0 Å². The molecule has 1 saturated heterocycles. The van der Waals surface area contributed by atoms with Crippen molar-refractivity contribution in [2.24, 2.45) is 0 Å². The summed E-state index contributed by atoms with van der Waals surface area (Å²) in [6.45, 7) is 0. The average molecular weight is 438 g/mol. The van der Waals surface area contributed by atoms with Gasteiger partial charge in [0.25, 0.3) is 5.91 Å². The van der Waals surface area contributed by atoms with Crippen molar-refractivity contribution in [3.8, 4) is 0 Å². The Morgan fingerprint density at radius 3 is 2.00 bits per heavy atom. The van der Waals surface area contributed by atoms with E-state index in [1.807, 2.05) is 78.9 Å². The van der Waals surface area contributed by atoms with Crippen LogP contribution in [0.25, 0.3) is 0 Å². The number of hydrogen-bond acceptors (Lipinski definition) is 4. The number of thioether (sulfide) groups is 1. The fourth-order valence-electron chi connectivity index (χ4n) is 3.65. The second kappa shape index (κ2) is 9.06. The van der Waals surface area contributed by atoms with Gasteiger partial charge in [-0.2, -0.15) is 0 Å². The normalized spacial score (nSPS) is 17.7. The van der Waals surface area contributed by atoms with Gasteiger partial charge in [0.2, 0.25) is 0 Å². The van der Waals surface area contributed by atoms with E-state index in [9.17, 15) is 13.2 Å². The molecule has 0 aromatic heterocycles. The number of nitrogens with one attached hydrogen (secondary N) is 1. The van der Waals surface area contributed by atoms with Crippen molar-refractivity contribution >= 4 is 27.5 Å². The standard InChI is InChI=1S/C24H23NO3S2/c26-24(21-13-7-8-14-22(21)29-20-15-16-30(27,28)17-20)25-23(18-9-3-1-4-10-18)19-11-5-2-6-12-19/h1-14,20,23H,15-17H2,(H,25,26). The zero-order valence-corrected chi connectivity index (χ0v) is 18.0. The van der Waals surface area contributed by atoms with Crippen LogP contribution in [0.15, 0.2) is 89.8 Å². The minimum absolute atomic E-state index is 0.0111. The maximum absolute atomic E-state index is 13.3. The van der Waals surface area contributed by atoms with Gasteiger partial charge in [-0.15, -0.1) is 11.8 Å². The Kier molecular flexibility index (Phi) is 6.25. The number of benzene rings is 3. The van der Waals surface area contributed by atoms with E-state index in [2.05, 4.69) is 5.32 Å². The molecule has 0 radical (unpaired) electrons. The molecule has 4 rings (SSSR count). The topological polar surface area (TPSA) is 63.2 Å². The first-order valence-electron chi connectivity index (χ1n) is 9.89. The SMILES string of the molecule is O=C(NC(c1ccccc1)c1ccccc1)c1ccccc1SC1CCS(=O)(=O)C1. The van der Waals surface area contributed by atoms with Crippen LogP contribution in [0.3, 0.4) is 0 Å². The number of amides is 1. The fraction of sp³-hybridized carbons (Fsp3) is 0.208. The van der Waals surface area contributed by atoms with E-state index in [4.69, 9.17) is 0 Å². The van der Waals surface area contributed by atoms with Gasteiger partial charge in [0, 0.05) is 10.1 Å². The first kappa shape index (κ1) is 20.7. The van der Waals surface area contributed by atoms with Gasteiger partial charge in [0.05, 0.1) is 23.1 Å². The largest absolute Gasteiger partial charge is 0.341 e. The summed E-state index contributed by atoms with van der Waals surface area (Å²) in [5, 5.41) is 3.17. The predicted molar refractivity (Wildman–Crippen MR) is 122 cm³/mol. The van der Waals surface area contributed by atoms with Gasteiger partial charge >= 0.3 is 0 Å². The first-order valence-corrected chi connectivity index (χ1v) is 12.6. The number of carbonyl (C=O) groups excluding carboxylic acids is 1. The maximum Gasteiger partial charge on any atom is 0.253 e. The quantitative estimate of drug-likeness (QED) is 0.617. The van der Waals surface area contributed by atoms with Gasteiger partial charge in [-0.1, -0.05) is 72.8 Å². The third-order valence-corrected chi connectivity index (χ3v) is 8.48. The molecule has 1 unspecified atom stereocenters. The minimum atomic E-state index is -2.96. The van der Waals surface area contributed by atoms with E-state index in [-0.39, 0.29) is 28.7 Å². The predicted octanol–water partition coefficient (Wildman–Crippen LogP) is 4.49. The second-order valence-electron chi connectivity index (χ2n) is 7.37. The summed E-state index contributed by atoms with van der Waals surface area (Å²) in [4.78, 5) is 14.1. The van der Waals surface area contributed by atoms with Gasteiger partial charge in [-0.3, -0.25) is 4.79 Å². The van der Waals surface area contributed by atoms with Gasteiger partial charge in [0.1, 0.15) is 0 Å². The Hall–Kier alpha value is -2.57. The number of carbonyl (C=O) groups is 1. The van der Waals surface area contributed by atoms with Crippen molar-refractivity contribution in [2.45, 2.75) is 22.6 Å². The van der Waals surface area contributed by atoms with E-state index in [1.165, 1.54) is 11.8 Å². The lowest BCUT2D eigenvalue weighted by Crippen LogP contribution is -2.29. The molecular weight excluding hydrogens is 414 g/mol. The highest BCUT2D eigenvalue weighted by molar-refractivity contribution is 8.02. The maximum atomic E-state index is 13.3. The Morgan fingerprint density at radius 1 is 0.867 bits per heavy atom. The molecule has 1 aliphatic heterocycles. The molecule has 154 valence electrons. The Labute approximate surface area is 181 Å². The molecule has 0 bridgehead atoms. The van der Waals surface area contributed by atoms with Crippen LogP contribution in [0.2, 0.25) is 0 Å². The molecule has 3 aromatic carbocycles. The lowest BCUT2D eigenvalue weighted by Gasteiger charge is -2.21. The highest BCUT2D eigenvalue weighted by Gasteiger charge is 2.29. The van der Waals surface area contributed by atoms with Crippen molar-refractivity contribution in [2.75, 3.05) is 11.5 Å². The summed E-state index contributed by atoms with van der Waals surface area (Å²) in [5.74, 6) is 0.226. The van der Waals surface area contributed by atoms with Crippen LogP contribution in [0.5, 0.6) is 0 Å². The van der Waals surface area contributed by atoms with E-state index < -0.39 is 9.84 Å². The van der Waals surface area contributed by atoms with E-state index in [1.54, 1.807) is 6.07 Å². The van der Waals surface area contributed by atoms with Crippen LogP contribution in [0.4, 0.5) is 0 Å². The van der Waals surface area contributed by atoms with E-state index in [0.29, 0.717) is 12.0 Å². The average Bonchev–Trinajstić information content (AvgIpc) is 3.11. The van der Waals surface area contributed by atoms with Crippen LogP contribution in [0.1, 0.15) is 33.9 Å². The molecule has 0 spiro atoms. The lowest BCUT2D eigenvalue weighted by atomic mass is 9.98.